The van der Waals surface area contributed by atoms with Crippen molar-refractivity contribution >= 4 is 0 Å². The van der Waals surface area contributed by atoms with Crippen molar-refractivity contribution in [2.75, 3.05) is 26.7 Å². The smallest absolute Gasteiger partial charge is 0.252 e. The summed E-state index contributed by atoms with van der Waals surface area (Å²) >= 11 is 0. The van der Waals surface area contributed by atoms with E-state index in [-0.39, 0.29) is 6.10 Å². The molecule has 0 radical (unpaired) electrons. The van der Waals surface area contributed by atoms with Crippen molar-refractivity contribution in [2.45, 2.75) is 31.8 Å². The minimum absolute atomic E-state index is 0.0762. The van der Waals surface area contributed by atoms with Crippen molar-refractivity contribution in [3.63, 3.8) is 0 Å². The zero-order valence-corrected chi connectivity index (χ0v) is 19.7. The van der Waals surface area contributed by atoms with Crippen molar-refractivity contribution in [3.05, 3.63) is 90.0 Å². The molecule has 0 aliphatic carbocycles. The minimum Gasteiger partial charge on any atom is -0.375 e. The lowest BCUT2D eigenvalue weighted by Crippen LogP contribution is -2.37. The van der Waals surface area contributed by atoms with Crippen LogP contribution in [0, 0.1) is 6.92 Å². The number of nitrogens with zero attached hydrogens (tertiary/aromatic N) is 6. The Labute approximate surface area is 200 Å². The zero-order chi connectivity index (χ0) is 23.3. The van der Waals surface area contributed by atoms with Crippen molar-refractivity contribution in [1.29, 1.82) is 0 Å². The van der Waals surface area contributed by atoms with Crippen LogP contribution >= 0.6 is 0 Å². The molecule has 1 atom stereocenters. The summed E-state index contributed by atoms with van der Waals surface area (Å²) in [6, 6.07) is 20.6. The van der Waals surface area contributed by atoms with Crippen molar-refractivity contribution in [2.24, 2.45) is 0 Å². The quantitative estimate of drug-likeness (QED) is 0.407. The van der Waals surface area contributed by atoms with Crippen LogP contribution in [-0.4, -0.2) is 56.4 Å². The fraction of sp³-hybridized carbons (Fsp3) is 0.333. The first-order valence-corrected chi connectivity index (χ1v) is 11.8. The number of rotatable bonds is 7. The summed E-state index contributed by atoms with van der Waals surface area (Å²) in [5.74, 6) is 2.51. The predicted octanol–water partition coefficient (Wildman–Crippen LogP) is 4.60. The number of hydrogen-bond acceptors (Lipinski definition) is 6. The van der Waals surface area contributed by atoms with Gasteiger partial charge in [-0.25, -0.2) is 15.0 Å². The number of piperidine rings is 1. The number of aromatic nitrogens is 5. The van der Waals surface area contributed by atoms with Crippen molar-refractivity contribution in [3.8, 4) is 17.3 Å². The van der Waals surface area contributed by atoms with Crippen LogP contribution < -0.4 is 0 Å². The SMILES string of the molecule is COC(CN1CCC(c2nc(-c3ccc(C)cc3)nn2-c2ncccn2)CC1)c1ccccc1. The van der Waals surface area contributed by atoms with E-state index in [1.807, 2.05) is 16.8 Å². The van der Waals surface area contributed by atoms with Crippen LogP contribution in [0.4, 0.5) is 0 Å². The van der Waals surface area contributed by atoms with Gasteiger partial charge in [0.15, 0.2) is 5.82 Å². The van der Waals surface area contributed by atoms with Gasteiger partial charge in [-0.3, -0.25) is 0 Å². The van der Waals surface area contributed by atoms with Gasteiger partial charge in [-0.05, 0) is 44.5 Å². The molecule has 0 amide bonds. The second-order valence-electron chi connectivity index (χ2n) is 8.83. The van der Waals surface area contributed by atoms with Crippen LogP contribution in [0.3, 0.4) is 0 Å². The maximum Gasteiger partial charge on any atom is 0.252 e. The summed E-state index contributed by atoms with van der Waals surface area (Å²) in [6.07, 6.45) is 5.58. The lowest BCUT2D eigenvalue weighted by Gasteiger charge is -2.33. The Bertz CT molecular complexity index is 1190. The Hall–Kier alpha value is -3.42. The largest absolute Gasteiger partial charge is 0.375 e. The molecule has 34 heavy (non-hydrogen) atoms. The van der Waals surface area contributed by atoms with Gasteiger partial charge in [0.2, 0.25) is 0 Å². The molecule has 4 aromatic rings. The molecule has 0 bridgehead atoms. The molecule has 1 aliphatic rings. The molecule has 0 N–H and O–H groups in total. The average molecular weight is 455 g/mol. The Morgan fingerprint density at radius 2 is 1.65 bits per heavy atom. The van der Waals surface area contributed by atoms with E-state index in [2.05, 4.69) is 70.3 Å². The molecular weight excluding hydrogens is 424 g/mol. The van der Waals surface area contributed by atoms with Gasteiger partial charge in [0.25, 0.3) is 5.95 Å². The van der Waals surface area contributed by atoms with Gasteiger partial charge < -0.3 is 9.64 Å². The maximum atomic E-state index is 5.80. The highest BCUT2D eigenvalue weighted by Gasteiger charge is 2.28. The highest BCUT2D eigenvalue weighted by molar-refractivity contribution is 5.55. The van der Waals surface area contributed by atoms with Crippen LogP contribution in [0.5, 0.6) is 0 Å². The molecule has 5 rings (SSSR count). The molecule has 0 spiro atoms. The molecule has 1 fully saturated rings. The highest BCUT2D eigenvalue weighted by atomic mass is 16.5. The van der Waals surface area contributed by atoms with Gasteiger partial charge in [-0.15, -0.1) is 5.10 Å². The molecule has 2 aromatic heterocycles. The van der Waals surface area contributed by atoms with Gasteiger partial charge in [0.1, 0.15) is 5.82 Å². The van der Waals surface area contributed by atoms with Gasteiger partial charge in [0.05, 0.1) is 6.10 Å². The number of aryl methyl sites for hydroxylation is 1. The molecule has 7 heteroatoms. The fourth-order valence-electron chi connectivity index (χ4n) is 4.55. The molecule has 2 aromatic carbocycles. The summed E-state index contributed by atoms with van der Waals surface area (Å²) in [4.78, 5) is 16.4. The number of hydrogen-bond donors (Lipinski definition) is 0. The summed E-state index contributed by atoms with van der Waals surface area (Å²) in [5.41, 5.74) is 3.44. The molecule has 3 heterocycles. The first kappa shape index (κ1) is 22.4. The summed E-state index contributed by atoms with van der Waals surface area (Å²) < 4.78 is 7.63. The van der Waals surface area contributed by atoms with Crippen LogP contribution in [0.15, 0.2) is 73.1 Å². The number of methoxy groups -OCH3 is 1. The van der Waals surface area contributed by atoms with Crippen LogP contribution in [-0.2, 0) is 4.74 Å². The Balaban J connectivity index is 1.35. The van der Waals surface area contributed by atoms with E-state index >= 15 is 0 Å². The number of ether oxygens (including phenoxy) is 1. The summed E-state index contributed by atoms with van der Waals surface area (Å²) in [7, 11) is 1.79. The van der Waals surface area contributed by atoms with E-state index in [0.717, 1.165) is 43.9 Å². The molecule has 174 valence electrons. The molecule has 0 saturated carbocycles. The van der Waals surface area contributed by atoms with Crippen molar-refractivity contribution < 1.29 is 4.74 Å². The lowest BCUT2D eigenvalue weighted by molar-refractivity contribution is 0.0543. The molecule has 1 unspecified atom stereocenters. The van der Waals surface area contributed by atoms with Crippen LogP contribution in [0.25, 0.3) is 17.3 Å². The van der Waals surface area contributed by atoms with Crippen LogP contribution in [0.1, 0.15) is 41.8 Å². The molecule has 1 aliphatic heterocycles. The van der Waals surface area contributed by atoms with Gasteiger partial charge >= 0.3 is 0 Å². The summed E-state index contributed by atoms with van der Waals surface area (Å²) in [6.45, 7) is 4.94. The third-order valence-electron chi connectivity index (χ3n) is 6.52. The van der Waals surface area contributed by atoms with Gasteiger partial charge in [-0.2, -0.15) is 4.68 Å². The normalized spacial score (nSPS) is 15.9. The van der Waals surface area contributed by atoms with Gasteiger partial charge in [-0.1, -0.05) is 60.2 Å². The second kappa shape index (κ2) is 10.2. The van der Waals surface area contributed by atoms with E-state index in [9.17, 15) is 0 Å². The molecule has 1 saturated heterocycles. The second-order valence-corrected chi connectivity index (χ2v) is 8.83. The molecule has 7 nitrogen and oxygen atoms in total. The lowest BCUT2D eigenvalue weighted by atomic mass is 9.95. The number of likely N-dealkylation sites (tertiary alicyclic amines) is 1. The Morgan fingerprint density at radius 1 is 0.941 bits per heavy atom. The van der Waals surface area contributed by atoms with E-state index in [4.69, 9.17) is 14.8 Å². The average Bonchev–Trinajstić information content (AvgIpc) is 3.34. The first-order valence-electron chi connectivity index (χ1n) is 11.8. The third-order valence-corrected chi connectivity index (χ3v) is 6.52. The monoisotopic (exact) mass is 454 g/mol. The van der Waals surface area contributed by atoms with E-state index in [0.29, 0.717) is 17.7 Å². The highest BCUT2D eigenvalue weighted by Crippen LogP contribution is 2.31. The first-order chi connectivity index (χ1) is 16.7. The Morgan fingerprint density at radius 3 is 2.32 bits per heavy atom. The fourth-order valence-corrected chi connectivity index (χ4v) is 4.55. The zero-order valence-electron chi connectivity index (χ0n) is 19.7. The third kappa shape index (κ3) is 4.90. The van der Waals surface area contributed by atoms with Crippen molar-refractivity contribution in [1.82, 2.24) is 29.6 Å². The minimum atomic E-state index is 0.0762. The van der Waals surface area contributed by atoms with E-state index in [1.165, 1.54) is 11.1 Å². The predicted molar refractivity (Wildman–Crippen MR) is 132 cm³/mol. The van der Waals surface area contributed by atoms with Gasteiger partial charge in [0, 0.05) is 37.5 Å². The standard InChI is InChI=1S/C27H30N6O/c1-20-9-11-22(12-10-20)25-30-26(33(31-25)27-28-15-6-16-29-27)23-13-17-32(18-14-23)19-24(34-2)21-7-4-3-5-8-21/h3-12,15-16,23-24H,13-14,17-19H2,1-2H3. The van der Waals surface area contributed by atoms with Crippen LogP contribution in [0.2, 0.25) is 0 Å². The maximum absolute atomic E-state index is 5.80. The van der Waals surface area contributed by atoms with E-state index in [1.54, 1.807) is 19.5 Å². The molecular formula is C27H30N6O. The summed E-state index contributed by atoms with van der Waals surface area (Å²) in [5, 5.41) is 4.82. The topological polar surface area (TPSA) is 69.0 Å². The number of benzene rings is 2. The Kier molecular flexibility index (Phi) is 6.74. The van der Waals surface area contributed by atoms with E-state index < -0.39 is 0 Å².